The van der Waals surface area contributed by atoms with Crippen molar-refractivity contribution in [3.05, 3.63) is 12.2 Å². The van der Waals surface area contributed by atoms with Gasteiger partial charge in [0.2, 0.25) is 0 Å². The van der Waals surface area contributed by atoms with Gasteiger partial charge in [-0.25, -0.2) is 4.79 Å². The zero-order valence-corrected chi connectivity index (χ0v) is 7.46. The molecule has 0 aromatic carbocycles. The smallest absolute Gasteiger partial charge is 0.333 e. The molecule has 0 aromatic heterocycles. The molecule has 1 rings (SSSR count). The van der Waals surface area contributed by atoms with E-state index in [9.17, 15) is 9.90 Å². The second-order valence-corrected chi connectivity index (χ2v) is 3.71. The Morgan fingerprint density at radius 1 is 1.67 bits per heavy atom. The lowest BCUT2D eigenvalue weighted by Gasteiger charge is -2.39. The minimum Gasteiger partial charge on any atom is -0.459 e. The predicted molar refractivity (Wildman–Crippen MR) is 44.6 cm³/mol. The van der Waals surface area contributed by atoms with Crippen LogP contribution in [0.4, 0.5) is 0 Å². The summed E-state index contributed by atoms with van der Waals surface area (Å²) in [7, 11) is 0. The SMILES string of the molecule is C=C(C)C(=O)OC1CC(C)(O)C1. The Balaban J connectivity index is 2.28. The van der Waals surface area contributed by atoms with E-state index in [-0.39, 0.29) is 12.1 Å². The molecule has 1 aliphatic rings. The van der Waals surface area contributed by atoms with Crippen molar-refractivity contribution in [1.82, 2.24) is 0 Å². The molecule has 0 radical (unpaired) electrons. The molecule has 0 amide bonds. The van der Waals surface area contributed by atoms with E-state index in [0.29, 0.717) is 18.4 Å². The van der Waals surface area contributed by atoms with E-state index in [2.05, 4.69) is 6.58 Å². The highest BCUT2D eigenvalue weighted by Gasteiger charge is 2.40. The van der Waals surface area contributed by atoms with Gasteiger partial charge in [0.15, 0.2) is 0 Å². The number of carbonyl (C=O) groups is 1. The van der Waals surface area contributed by atoms with Crippen molar-refractivity contribution < 1.29 is 14.6 Å². The van der Waals surface area contributed by atoms with Crippen LogP contribution in [-0.4, -0.2) is 22.8 Å². The fourth-order valence-corrected chi connectivity index (χ4v) is 1.26. The van der Waals surface area contributed by atoms with E-state index in [0.717, 1.165) is 0 Å². The maximum atomic E-state index is 11.0. The van der Waals surface area contributed by atoms with E-state index < -0.39 is 5.60 Å². The zero-order chi connectivity index (χ0) is 9.35. The van der Waals surface area contributed by atoms with E-state index in [4.69, 9.17) is 4.74 Å². The Hall–Kier alpha value is -0.830. The van der Waals surface area contributed by atoms with Crippen LogP contribution in [0.3, 0.4) is 0 Å². The minimum atomic E-state index is -0.639. The van der Waals surface area contributed by atoms with Gasteiger partial charge in [0.25, 0.3) is 0 Å². The van der Waals surface area contributed by atoms with Gasteiger partial charge in [0, 0.05) is 18.4 Å². The highest BCUT2D eigenvalue weighted by molar-refractivity contribution is 5.87. The summed E-state index contributed by atoms with van der Waals surface area (Å²) in [5.74, 6) is -0.365. The summed E-state index contributed by atoms with van der Waals surface area (Å²) in [5.41, 5.74) is -0.235. The quantitative estimate of drug-likeness (QED) is 0.497. The molecular weight excluding hydrogens is 156 g/mol. The van der Waals surface area contributed by atoms with Crippen LogP contribution >= 0.6 is 0 Å². The Labute approximate surface area is 72.0 Å². The van der Waals surface area contributed by atoms with Gasteiger partial charge in [-0.2, -0.15) is 0 Å². The number of carbonyl (C=O) groups excluding carboxylic acids is 1. The zero-order valence-electron chi connectivity index (χ0n) is 7.46. The molecule has 3 nitrogen and oxygen atoms in total. The van der Waals surface area contributed by atoms with Gasteiger partial charge in [-0.15, -0.1) is 0 Å². The molecule has 0 saturated heterocycles. The summed E-state index contributed by atoms with van der Waals surface area (Å²) in [4.78, 5) is 11.0. The first-order valence-electron chi connectivity index (χ1n) is 3.99. The lowest BCUT2D eigenvalue weighted by molar-refractivity contribution is -0.164. The van der Waals surface area contributed by atoms with Gasteiger partial charge < -0.3 is 9.84 Å². The second kappa shape index (κ2) is 2.90. The van der Waals surface area contributed by atoms with Crippen molar-refractivity contribution >= 4 is 5.97 Å². The minimum absolute atomic E-state index is 0.121. The van der Waals surface area contributed by atoms with Gasteiger partial charge >= 0.3 is 5.97 Å². The molecule has 1 saturated carbocycles. The van der Waals surface area contributed by atoms with Crippen LogP contribution in [0.5, 0.6) is 0 Å². The van der Waals surface area contributed by atoms with Crippen molar-refractivity contribution in [3.63, 3.8) is 0 Å². The Morgan fingerprint density at radius 3 is 2.50 bits per heavy atom. The predicted octanol–water partition coefficient (Wildman–Crippen LogP) is 1.02. The van der Waals surface area contributed by atoms with Crippen LogP contribution in [0.15, 0.2) is 12.2 Å². The average molecular weight is 170 g/mol. The van der Waals surface area contributed by atoms with Gasteiger partial charge in [-0.1, -0.05) is 6.58 Å². The van der Waals surface area contributed by atoms with Gasteiger partial charge in [0.1, 0.15) is 6.10 Å². The largest absolute Gasteiger partial charge is 0.459 e. The third kappa shape index (κ3) is 2.08. The van der Waals surface area contributed by atoms with E-state index in [1.807, 2.05) is 0 Å². The molecule has 0 aliphatic heterocycles. The van der Waals surface area contributed by atoms with Crippen LogP contribution in [0.2, 0.25) is 0 Å². The molecule has 1 N–H and O–H groups in total. The normalized spacial score (nSPS) is 33.8. The molecule has 68 valence electrons. The monoisotopic (exact) mass is 170 g/mol. The van der Waals surface area contributed by atoms with Crippen molar-refractivity contribution in [1.29, 1.82) is 0 Å². The molecule has 0 spiro atoms. The molecule has 1 fully saturated rings. The maximum Gasteiger partial charge on any atom is 0.333 e. The van der Waals surface area contributed by atoms with Crippen LogP contribution < -0.4 is 0 Å². The summed E-state index contributed by atoms with van der Waals surface area (Å²) >= 11 is 0. The van der Waals surface area contributed by atoms with Crippen LogP contribution in [0.25, 0.3) is 0 Å². The molecule has 0 unspecified atom stereocenters. The summed E-state index contributed by atoms with van der Waals surface area (Å²) < 4.78 is 4.98. The first-order valence-corrected chi connectivity index (χ1v) is 3.99. The molecule has 1 aliphatic carbocycles. The number of hydrogen-bond acceptors (Lipinski definition) is 3. The molecule has 0 heterocycles. The highest BCUT2D eigenvalue weighted by Crippen LogP contribution is 2.33. The van der Waals surface area contributed by atoms with Crippen LogP contribution in [0.1, 0.15) is 26.7 Å². The molecule has 3 heteroatoms. The summed E-state index contributed by atoms with van der Waals surface area (Å²) in [6, 6.07) is 0. The lowest BCUT2D eigenvalue weighted by Crippen LogP contribution is -2.46. The van der Waals surface area contributed by atoms with Crippen molar-refractivity contribution in [2.75, 3.05) is 0 Å². The number of rotatable bonds is 2. The van der Waals surface area contributed by atoms with Crippen molar-refractivity contribution in [2.45, 2.75) is 38.4 Å². The lowest BCUT2D eigenvalue weighted by atomic mass is 9.79. The first-order chi connectivity index (χ1) is 5.41. The topological polar surface area (TPSA) is 46.5 Å². The number of hydrogen-bond donors (Lipinski definition) is 1. The summed E-state index contributed by atoms with van der Waals surface area (Å²) in [6.45, 7) is 6.81. The molecule has 0 atom stereocenters. The summed E-state index contributed by atoms with van der Waals surface area (Å²) in [6.07, 6.45) is 0.946. The van der Waals surface area contributed by atoms with E-state index >= 15 is 0 Å². The molecular formula is C9H14O3. The number of aliphatic hydroxyl groups is 1. The Bertz CT molecular complexity index is 210. The van der Waals surface area contributed by atoms with Gasteiger partial charge in [-0.3, -0.25) is 0 Å². The van der Waals surface area contributed by atoms with E-state index in [1.54, 1.807) is 13.8 Å². The molecule has 12 heavy (non-hydrogen) atoms. The number of ether oxygens (including phenoxy) is 1. The molecule has 0 bridgehead atoms. The third-order valence-electron chi connectivity index (χ3n) is 1.96. The highest BCUT2D eigenvalue weighted by atomic mass is 16.5. The van der Waals surface area contributed by atoms with Gasteiger partial charge in [-0.05, 0) is 13.8 Å². The first kappa shape index (κ1) is 9.26. The number of esters is 1. The Morgan fingerprint density at radius 2 is 2.17 bits per heavy atom. The average Bonchev–Trinajstić information content (AvgIpc) is 1.83. The van der Waals surface area contributed by atoms with Crippen molar-refractivity contribution in [3.8, 4) is 0 Å². The molecule has 0 aromatic rings. The van der Waals surface area contributed by atoms with Gasteiger partial charge in [0.05, 0.1) is 5.60 Å². The van der Waals surface area contributed by atoms with Crippen LogP contribution in [0, 0.1) is 0 Å². The summed E-state index contributed by atoms with van der Waals surface area (Å²) in [5, 5.41) is 9.32. The van der Waals surface area contributed by atoms with Crippen molar-refractivity contribution in [2.24, 2.45) is 0 Å². The fourth-order valence-electron chi connectivity index (χ4n) is 1.26. The standard InChI is InChI=1S/C9H14O3/c1-6(2)8(10)12-7-4-9(3,11)5-7/h7,11H,1,4-5H2,2-3H3. The van der Waals surface area contributed by atoms with E-state index in [1.165, 1.54) is 0 Å². The third-order valence-corrected chi connectivity index (χ3v) is 1.96. The fraction of sp³-hybridized carbons (Fsp3) is 0.667. The Kier molecular flexibility index (Phi) is 2.24. The second-order valence-electron chi connectivity index (χ2n) is 3.71. The van der Waals surface area contributed by atoms with Crippen LogP contribution in [-0.2, 0) is 9.53 Å². The maximum absolute atomic E-state index is 11.0.